The van der Waals surface area contributed by atoms with Gasteiger partial charge in [0.25, 0.3) is 5.91 Å². The Morgan fingerprint density at radius 2 is 2.41 bits per heavy atom. The second-order valence-electron chi connectivity index (χ2n) is 3.38. The monoisotopic (exact) mass is 268 g/mol. The van der Waals surface area contributed by atoms with E-state index in [1.165, 1.54) is 22.7 Å². The largest absolute Gasteiger partial charge is 0.330 e. The topological polar surface area (TPSA) is 73.3 Å². The lowest BCUT2D eigenvalue weighted by molar-refractivity contribution is 0.0993. The summed E-state index contributed by atoms with van der Waals surface area (Å²) >= 11 is 2.86. The van der Waals surface area contributed by atoms with Crippen molar-refractivity contribution in [2.45, 2.75) is 6.42 Å². The molecule has 17 heavy (non-hydrogen) atoms. The van der Waals surface area contributed by atoms with Crippen LogP contribution in [-0.2, 0) is 13.5 Å². The number of nitrogens with two attached hydrogens (primary N) is 1. The van der Waals surface area contributed by atoms with Gasteiger partial charge < -0.3 is 10.3 Å². The molecule has 2 aromatic rings. The number of carbonyl (C=O) groups excluding carboxylic acids is 1. The maximum Gasteiger partial charge on any atom is 0.299 e. The number of aromatic nitrogens is 2. The van der Waals surface area contributed by atoms with Crippen molar-refractivity contribution in [1.82, 2.24) is 9.55 Å². The summed E-state index contributed by atoms with van der Waals surface area (Å²) in [7, 11) is 1.85. The Bertz CT molecular complexity index is 581. The molecule has 0 aromatic carbocycles. The molecule has 0 aliphatic rings. The average Bonchev–Trinajstić information content (AvgIpc) is 2.90. The molecule has 0 unspecified atom stereocenters. The van der Waals surface area contributed by atoms with Gasteiger partial charge in [-0.05, 0) is 6.54 Å². The third-order valence-electron chi connectivity index (χ3n) is 2.09. The number of thiazole rings is 2. The summed E-state index contributed by atoms with van der Waals surface area (Å²) in [6, 6.07) is 0. The van der Waals surface area contributed by atoms with Crippen molar-refractivity contribution in [2.75, 3.05) is 6.54 Å². The highest BCUT2D eigenvalue weighted by atomic mass is 32.1. The Kier molecular flexibility index (Phi) is 3.82. The van der Waals surface area contributed by atoms with E-state index in [1.54, 1.807) is 9.95 Å². The normalized spacial score (nSPS) is 12.0. The summed E-state index contributed by atoms with van der Waals surface area (Å²) in [6.07, 6.45) is 2.56. The van der Waals surface area contributed by atoms with Gasteiger partial charge in [-0.2, -0.15) is 4.99 Å². The molecule has 0 spiro atoms. The van der Waals surface area contributed by atoms with Crippen molar-refractivity contribution in [3.63, 3.8) is 0 Å². The molecule has 1 amide bonds. The minimum absolute atomic E-state index is 0.303. The summed E-state index contributed by atoms with van der Waals surface area (Å²) < 4.78 is 1.80. The summed E-state index contributed by atoms with van der Waals surface area (Å²) in [5.41, 5.74) is 5.83. The van der Waals surface area contributed by atoms with E-state index in [4.69, 9.17) is 5.73 Å². The molecule has 0 atom stereocenters. The zero-order chi connectivity index (χ0) is 12.3. The zero-order valence-electron chi connectivity index (χ0n) is 9.29. The van der Waals surface area contributed by atoms with Crippen molar-refractivity contribution < 1.29 is 4.79 Å². The van der Waals surface area contributed by atoms with Crippen LogP contribution in [0.4, 0.5) is 0 Å². The van der Waals surface area contributed by atoms with E-state index in [-0.39, 0.29) is 5.91 Å². The summed E-state index contributed by atoms with van der Waals surface area (Å²) in [5.74, 6) is -0.303. The maximum absolute atomic E-state index is 11.8. The van der Waals surface area contributed by atoms with E-state index in [0.29, 0.717) is 23.5 Å². The molecule has 0 aliphatic carbocycles. The minimum atomic E-state index is -0.303. The Morgan fingerprint density at radius 3 is 3.06 bits per heavy atom. The van der Waals surface area contributed by atoms with Gasteiger partial charge in [0.15, 0.2) is 4.80 Å². The Hall–Kier alpha value is -1.31. The van der Waals surface area contributed by atoms with E-state index in [2.05, 4.69) is 9.98 Å². The first-order valence-corrected chi connectivity index (χ1v) is 6.80. The van der Waals surface area contributed by atoms with Crippen molar-refractivity contribution in [3.8, 4) is 0 Å². The average molecular weight is 268 g/mol. The van der Waals surface area contributed by atoms with Crippen LogP contribution >= 0.6 is 22.7 Å². The lowest BCUT2D eigenvalue weighted by Crippen LogP contribution is -2.12. The van der Waals surface area contributed by atoms with Gasteiger partial charge in [0.1, 0.15) is 5.69 Å². The molecular weight excluding hydrogens is 256 g/mol. The molecule has 0 saturated carbocycles. The third kappa shape index (κ3) is 2.87. The fraction of sp³-hybridized carbons (Fsp3) is 0.300. The zero-order valence-corrected chi connectivity index (χ0v) is 10.9. The summed E-state index contributed by atoms with van der Waals surface area (Å²) in [6.45, 7) is 0.540. The van der Waals surface area contributed by atoms with Gasteiger partial charge in [-0.1, -0.05) is 0 Å². The first-order valence-electron chi connectivity index (χ1n) is 5.04. The van der Waals surface area contributed by atoms with Gasteiger partial charge in [0.05, 0.1) is 5.01 Å². The molecule has 0 aliphatic heterocycles. The van der Waals surface area contributed by atoms with Crippen LogP contribution in [0.3, 0.4) is 0 Å². The SMILES string of the molecule is Cn1ccsc1=NC(=O)c1csc(CCN)n1. The number of hydrogen-bond acceptors (Lipinski definition) is 5. The summed E-state index contributed by atoms with van der Waals surface area (Å²) in [4.78, 5) is 20.7. The van der Waals surface area contributed by atoms with Gasteiger partial charge in [0, 0.05) is 30.4 Å². The molecule has 2 rings (SSSR count). The minimum Gasteiger partial charge on any atom is -0.330 e. The van der Waals surface area contributed by atoms with Gasteiger partial charge in [-0.25, -0.2) is 4.98 Å². The molecule has 5 nitrogen and oxygen atoms in total. The van der Waals surface area contributed by atoms with Crippen molar-refractivity contribution in [1.29, 1.82) is 0 Å². The number of amides is 1. The fourth-order valence-electron chi connectivity index (χ4n) is 1.23. The second-order valence-corrected chi connectivity index (χ2v) is 5.19. The molecule has 0 bridgehead atoms. The predicted octanol–water partition coefficient (Wildman–Crippen LogP) is 0.785. The Morgan fingerprint density at radius 1 is 1.59 bits per heavy atom. The van der Waals surface area contributed by atoms with E-state index in [9.17, 15) is 4.79 Å². The first kappa shape index (κ1) is 12.2. The van der Waals surface area contributed by atoms with Crippen molar-refractivity contribution in [3.05, 3.63) is 32.5 Å². The smallest absolute Gasteiger partial charge is 0.299 e. The Balaban J connectivity index is 2.23. The van der Waals surface area contributed by atoms with Gasteiger partial charge in [-0.3, -0.25) is 4.79 Å². The number of hydrogen-bond donors (Lipinski definition) is 1. The number of aryl methyl sites for hydroxylation is 1. The van der Waals surface area contributed by atoms with E-state index in [0.717, 1.165) is 5.01 Å². The number of carbonyl (C=O) groups is 1. The fourth-order valence-corrected chi connectivity index (χ4v) is 2.74. The Labute approximate surface area is 106 Å². The highest BCUT2D eigenvalue weighted by molar-refractivity contribution is 7.09. The van der Waals surface area contributed by atoms with Crippen LogP contribution in [0.25, 0.3) is 0 Å². The van der Waals surface area contributed by atoms with Crippen LogP contribution in [0.1, 0.15) is 15.5 Å². The molecule has 0 radical (unpaired) electrons. The number of rotatable bonds is 3. The van der Waals surface area contributed by atoms with Gasteiger partial charge in [-0.15, -0.1) is 22.7 Å². The molecule has 2 heterocycles. The lowest BCUT2D eigenvalue weighted by Gasteiger charge is -1.90. The van der Waals surface area contributed by atoms with Gasteiger partial charge >= 0.3 is 0 Å². The third-order valence-corrected chi connectivity index (χ3v) is 3.84. The number of nitrogens with zero attached hydrogens (tertiary/aromatic N) is 3. The van der Waals surface area contributed by atoms with E-state index < -0.39 is 0 Å². The molecule has 2 aromatic heterocycles. The van der Waals surface area contributed by atoms with E-state index >= 15 is 0 Å². The standard InChI is InChI=1S/C10H12N4OS2/c1-14-4-5-16-10(14)13-9(15)7-6-17-8(12-7)2-3-11/h4-6H,2-3,11H2,1H3. The van der Waals surface area contributed by atoms with Gasteiger partial charge in [0.2, 0.25) is 0 Å². The van der Waals surface area contributed by atoms with Crippen LogP contribution < -0.4 is 10.5 Å². The molecule has 0 fully saturated rings. The van der Waals surface area contributed by atoms with Crippen molar-refractivity contribution >= 4 is 28.6 Å². The molecule has 0 saturated heterocycles. The molecule has 7 heteroatoms. The molecule has 90 valence electrons. The molecule has 2 N–H and O–H groups in total. The van der Waals surface area contributed by atoms with E-state index in [1.807, 2.05) is 18.6 Å². The van der Waals surface area contributed by atoms with Crippen LogP contribution in [0.5, 0.6) is 0 Å². The van der Waals surface area contributed by atoms with Crippen LogP contribution in [0, 0.1) is 0 Å². The predicted molar refractivity (Wildman–Crippen MR) is 68.1 cm³/mol. The van der Waals surface area contributed by atoms with Crippen LogP contribution in [-0.4, -0.2) is 22.0 Å². The van der Waals surface area contributed by atoms with Crippen LogP contribution in [0.2, 0.25) is 0 Å². The maximum atomic E-state index is 11.8. The highest BCUT2D eigenvalue weighted by Gasteiger charge is 2.09. The lowest BCUT2D eigenvalue weighted by atomic mass is 10.4. The second kappa shape index (κ2) is 5.35. The van der Waals surface area contributed by atoms with Crippen LogP contribution in [0.15, 0.2) is 21.9 Å². The van der Waals surface area contributed by atoms with Crippen molar-refractivity contribution in [2.24, 2.45) is 17.8 Å². The summed E-state index contributed by atoms with van der Waals surface area (Å²) in [5, 5.41) is 4.49. The highest BCUT2D eigenvalue weighted by Crippen LogP contribution is 2.10. The molecular formula is C10H12N4OS2. The first-order chi connectivity index (χ1) is 8.20. The quantitative estimate of drug-likeness (QED) is 0.894.